The molecule has 4 heteroatoms. The molecule has 21 heavy (non-hydrogen) atoms. The van der Waals surface area contributed by atoms with E-state index in [0.29, 0.717) is 11.3 Å². The lowest BCUT2D eigenvalue weighted by atomic mass is 10.1. The molecule has 1 aromatic heterocycles. The Bertz CT molecular complexity index is 791. The second-order valence-electron chi connectivity index (χ2n) is 4.79. The number of aromatic nitrogens is 2. The SMILES string of the molecule is Cc1ccccc1-n1cc(C=O)c(-c2ccc(Br)cc2)n1. The van der Waals surface area contributed by atoms with Gasteiger partial charge in [-0.15, -0.1) is 0 Å². The zero-order valence-electron chi connectivity index (χ0n) is 11.5. The van der Waals surface area contributed by atoms with Crippen LogP contribution in [0.1, 0.15) is 15.9 Å². The van der Waals surface area contributed by atoms with Gasteiger partial charge >= 0.3 is 0 Å². The predicted octanol–water partition coefficient (Wildman–Crippen LogP) is 4.42. The van der Waals surface area contributed by atoms with Gasteiger partial charge in [-0.2, -0.15) is 5.10 Å². The summed E-state index contributed by atoms with van der Waals surface area (Å²) >= 11 is 3.41. The van der Waals surface area contributed by atoms with Crippen molar-refractivity contribution in [2.45, 2.75) is 6.92 Å². The molecule has 0 saturated heterocycles. The maximum absolute atomic E-state index is 11.3. The first-order chi connectivity index (χ1) is 10.2. The summed E-state index contributed by atoms with van der Waals surface area (Å²) in [6, 6.07) is 15.7. The van der Waals surface area contributed by atoms with Gasteiger partial charge in [0.1, 0.15) is 5.69 Å². The summed E-state index contributed by atoms with van der Waals surface area (Å²) in [5.41, 5.74) is 4.29. The standard InChI is InChI=1S/C17H13BrN2O/c1-12-4-2-3-5-16(12)20-10-14(11-21)17(19-20)13-6-8-15(18)9-7-13/h2-11H,1H3. The number of aldehydes is 1. The number of rotatable bonds is 3. The van der Waals surface area contributed by atoms with E-state index < -0.39 is 0 Å². The summed E-state index contributed by atoms with van der Waals surface area (Å²) in [6.45, 7) is 2.02. The van der Waals surface area contributed by atoms with E-state index in [-0.39, 0.29) is 0 Å². The van der Waals surface area contributed by atoms with Gasteiger partial charge < -0.3 is 0 Å². The zero-order valence-corrected chi connectivity index (χ0v) is 13.0. The minimum atomic E-state index is 0.584. The molecule has 0 radical (unpaired) electrons. The van der Waals surface area contributed by atoms with Crippen LogP contribution in [0.25, 0.3) is 16.9 Å². The van der Waals surface area contributed by atoms with E-state index in [0.717, 1.165) is 27.6 Å². The number of halogens is 1. The second-order valence-corrected chi connectivity index (χ2v) is 5.70. The third-order valence-electron chi connectivity index (χ3n) is 3.35. The van der Waals surface area contributed by atoms with Crippen LogP contribution >= 0.6 is 15.9 Å². The highest BCUT2D eigenvalue weighted by Gasteiger charge is 2.12. The Hall–Kier alpha value is -2.20. The fourth-order valence-electron chi connectivity index (χ4n) is 2.25. The van der Waals surface area contributed by atoms with Crippen LogP contribution in [0.2, 0.25) is 0 Å². The normalized spacial score (nSPS) is 10.6. The summed E-state index contributed by atoms with van der Waals surface area (Å²) in [5.74, 6) is 0. The summed E-state index contributed by atoms with van der Waals surface area (Å²) in [7, 11) is 0. The lowest BCUT2D eigenvalue weighted by molar-refractivity contribution is 0.112. The molecule has 1 heterocycles. The van der Waals surface area contributed by atoms with Crippen LogP contribution in [0.15, 0.2) is 59.2 Å². The first-order valence-corrected chi connectivity index (χ1v) is 7.35. The van der Waals surface area contributed by atoms with Gasteiger partial charge in [0, 0.05) is 16.2 Å². The van der Waals surface area contributed by atoms with Crippen molar-refractivity contribution in [2.24, 2.45) is 0 Å². The minimum absolute atomic E-state index is 0.584. The van der Waals surface area contributed by atoms with Gasteiger partial charge in [0.05, 0.1) is 11.3 Å². The molecule has 0 aliphatic rings. The number of hydrogen-bond donors (Lipinski definition) is 0. The number of aryl methyl sites for hydroxylation is 1. The predicted molar refractivity (Wildman–Crippen MR) is 86.8 cm³/mol. The van der Waals surface area contributed by atoms with Crippen molar-refractivity contribution in [3.05, 3.63) is 70.3 Å². The molecule has 104 valence electrons. The zero-order chi connectivity index (χ0) is 14.8. The van der Waals surface area contributed by atoms with E-state index >= 15 is 0 Å². The number of hydrogen-bond acceptors (Lipinski definition) is 2. The molecular formula is C17H13BrN2O. The van der Waals surface area contributed by atoms with Crippen molar-refractivity contribution in [2.75, 3.05) is 0 Å². The molecule has 0 atom stereocenters. The van der Waals surface area contributed by atoms with Gasteiger partial charge in [0.15, 0.2) is 6.29 Å². The summed E-state index contributed by atoms with van der Waals surface area (Å²) in [6.07, 6.45) is 2.62. The molecule has 0 spiro atoms. The summed E-state index contributed by atoms with van der Waals surface area (Å²) in [5, 5.41) is 4.58. The van der Waals surface area contributed by atoms with Gasteiger partial charge in [-0.25, -0.2) is 4.68 Å². The van der Waals surface area contributed by atoms with Gasteiger partial charge in [-0.05, 0) is 30.7 Å². The lowest BCUT2D eigenvalue weighted by Crippen LogP contribution is -1.97. The topological polar surface area (TPSA) is 34.9 Å². The lowest BCUT2D eigenvalue weighted by Gasteiger charge is -2.04. The van der Waals surface area contributed by atoms with Crippen molar-refractivity contribution >= 4 is 22.2 Å². The van der Waals surface area contributed by atoms with Gasteiger partial charge in [-0.1, -0.05) is 46.3 Å². The maximum atomic E-state index is 11.3. The van der Waals surface area contributed by atoms with Crippen LogP contribution in [0.4, 0.5) is 0 Å². The number of nitrogens with zero attached hydrogens (tertiary/aromatic N) is 2. The molecule has 3 aromatic rings. The molecule has 0 aliphatic heterocycles. The number of carbonyl (C=O) groups excluding carboxylic acids is 1. The average molecular weight is 341 g/mol. The Labute approximate surface area is 131 Å². The Morgan fingerprint density at radius 1 is 1.10 bits per heavy atom. The first-order valence-electron chi connectivity index (χ1n) is 6.56. The monoisotopic (exact) mass is 340 g/mol. The number of para-hydroxylation sites is 1. The van der Waals surface area contributed by atoms with E-state index in [1.165, 1.54) is 0 Å². The van der Waals surface area contributed by atoms with Crippen molar-refractivity contribution in [1.82, 2.24) is 9.78 Å². The molecular weight excluding hydrogens is 328 g/mol. The molecule has 0 bridgehead atoms. The van der Waals surface area contributed by atoms with Crippen molar-refractivity contribution in [3.63, 3.8) is 0 Å². The van der Waals surface area contributed by atoms with Crippen molar-refractivity contribution in [1.29, 1.82) is 0 Å². The highest BCUT2D eigenvalue weighted by Crippen LogP contribution is 2.25. The Balaban J connectivity index is 2.13. The molecule has 0 fully saturated rings. The Morgan fingerprint density at radius 3 is 2.48 bits per heavy atom. The van der Waals surface area contributed by atoms with Crippen molar-refractivity contribution in [3.8, 4) is 16.9 Å². The molecule has 2 aromatic carbocycles. The fourth-order valence-corrected chi connectivity index (χ4v) is 2.51. The van der Waals surface area contributed by atoms with Crippen LogP contribution in [0, 0.1) is 6.92 Å². The van der Waals surface area contributed by atoms with Crippen LogP contribution < -0.4 is 0 Å². The molecule has 0 unspecified atom stereocenters. The highest BCUT2D eigenvalue weighted by molar-refractivity contribution is 9.10. The van der Waals surface area contributed by atoms with Crippen LogP contribution in [0.5, 0.6) is 0 Å². The third-order valence-corrected chi connectivity index (χ3v) is 3.88. The Morgan fingerprint density at radius 2 is 1.81 bits per heavy atom. The highest BCUT2D eigenvalue weighted by atomic mass is 79.9. The molecule has 3 rings (SSSR count). The third kappa shape index (κ3) is 2.67. The smallest absolute Gasteiger partial charge is 0.153 e. The first kappa shape index (κ1) is 13.8. The Kier molecular flexibility index (Phi) is 3.71. The quantitative estimate of drug-likeness (QED) is 0.661. The van der Waals surface area contributed by atoms with Crippen LogP contribution in [0.3, 0.4) is 0 Å². The molecule has 3 nitrogen and oxygen atoms in total. The van der Waals surface area contributed by atoms with E-state index in [4.69, 9.17) is 0 Å². The van der Waals surface area contributed by atoms with Crippen molar-refractivity contribution < 1.29 is 4.79 Å². The van der Waals surface area contributed by atoms with E-state index in [1.807, 2.05) is 55.5 Å². The molecule has 0 saturated carbocycles. The van der Waals surface area contributed by atoms with Gasteiger partial charge in [0.2, 0.25) is 0 Å². The largest absolute Gasteiger partial charge is 0.298 e. The maximum Gasteiger partial charge on any atom is 0.153 e. The molecule has 0 aliphatic carbocycles. The summed E-state index contributed by atoms with van der Waals surface area (Å²) in [4.78, 5) is 11.3. The van der Waals surface area contributed by atoms with E-state index in [1.54, 1.807) is 10.9 Å². The van der Waals surface area contributed by atoms with Gasteiger partial charge in [0.25, 0.3) is 0 Å². The van der Waals surface area contributed by atoms with Crippen LogP contribution in [-0.2, 0) is 0 Å². The van der Waals surface area contributed by atoms with Gasteiger partial charge in [-0.3, -0.25) is 4.79 Å². The number of carbonyl (C=O) groups is 1. The fraction of sp³-hybridized carbons (Fsp3) is 0.0588. The second kappa shape index (κ2) is 5.66. The van der Waals surface area contributed by atoms with E-state index in [2.05, 4.69) is 21.0 Å². The minimum Gasteiger partial charge on any atom is -0.298 e. The molecule has 0 N–H and O–H groups in total. The average Bonchev–Trinajstić information content (AvgIpc) is 2.92. The molecule has 0 amide bonds. The summed E-state index contributed by atoms with van der Waals surface area (Å²) < 4.78 is 2.76. The van der Waals surface area contributed by atoms with Crippen LogP contribution in [-0.4, -0.2) is 16.1 Å². The van der Waals surface area contributed by atoms with E-state index in [9.17, 15) is 4.79 Å². The number of benzene rings is 2.